The van der Waals surface area contributed by atoms with E-state index in [0.29, 0.717) is 44.7 Å². The molecular weight excluding hydrogens is 352 g/mol. The first kappa shape index (κ1) is 16.2. The first-order chi connectivity index (χ1) is 12.6. The number of fused-ring (bicyclic) bond motifs is 1. The number of aromatic nitrogens is 4. The highest BCUT2D eigenvalue weighted by Gasteiger charge is 2.16. The van der Waals surface area contributed by atoms with Crippen LogP contribution in [-0.4, -0.2) is 26.0 Å². The Hall–Kier alpha value is -3.33. The van der Waals surface area contributed by atoms with E-state index in [9.17, 15) is 4.79 Å². The van der Waals surface area contributed by atoms with Gasteiger partial charge in [0.15, 0.2) is 11.5 Å². The summed E-state index contributed by atoms with van der Waals surface area (Å²) in [5, 5.41) is 7.41. The molecule has 0 aromatic carbocycles. The lowest BCUT2D eigenvalue weighted by Crippen LogP contribution is -2.21. The molecule has 0 radical (unpaired) electrons. The molecule has 130 valence electrons. The Morgan fingerprint density at radius 3 is 2.96 bits per heavy atom. The van der Waals surface area contributed by atoms with Crippen molar-refractivity contribution in [2.45, 2.75) is 13.5 Å². The zero-order valence-electron chi connectivity index (χ0n) is 13.8. The molecule has 4 aromatic rings. The molecule has 0 aliphatic rings. The molecule has 0 atom stereocenters. The maximum Gasteiger partial charge on any atom is 0.261 e. The highest BCUT2D eigenvalue weighted by molar-refractivity contribution is 7.20. The molecule has 8 nitrogen and oxygen atoms in total. The van der Waals surface area contributed by atoms with Gasteiger partial charge in [0, 0.05) is 25.0 Å². The smallest absolute Gasteiger partial charge is 0.261 e. The van der Waals surface area contributed by atoms with E-state index in [1.54, 1.807) is 31.5 Å². The molecule has 0 unspecified atom stereocenters. The fraction of sp³-hybridized carbons (Fsp3) is 0.118. The topological polar surface area (TPSA) is 120 Å². The predicted octanol–water partition coefficient (Wildman–Crippen LogP) is 2.56. The molecule has 4 aromatic heterocycles. The van der Waals surface area contributed by atoms with Gasteiger partial charge in [0.25, 0.3) is 5.91 Å². The van der Waals surface area contributed by atoms with Crippen LogP contribution in [0.4, 0.5) is 5.82 Å². The lowest BCUT2D eigenvalue weighted by atomic mass is 10.3. The van der Waals surface area contributed by atoms with Crippen LogP contribution in [0, 0.1) is 6.92 Å². The Kier molecular flexibility index (Phi) is 4.05. The Balaban J connectivity index is 1.60. The molecule has 26 heavy (non-hydrogen) atoms. The van der Waals surface area contributed by atoms with Crippen molar-refractivity contribution in [3.8, 4) is 11.5 Å². The summed E-state index contributed by atoms with van der Waals surface area (Å²) in [5.74, 6) is 1.13. The standard InChI is InChI=1S/C17H14N6O2S/c1-9-5-12(23-25-9)15-21-14(18)11-6-13(26-17(11)22-15)16(24)20-8-10-3-2-4-19-7-10/h2-7H,8H2,1H3,(H,20,24)(H2,18,21,22). The van der Waals surface area contributed by atoms with Crippen molar-refractivity contribution >= 4 is 33.3 Å². The van der Waals surface area contributed by atoms with Crippen molar-refractivity contribution in [2.24, 2.45) is 0 Å². The molecule has 0 aliphatic heterocycles. The van der Waals surface area contributed by atoms with Crippen LogP contribution >= 0.6 is 11.3 Å². The molecular formula is C17H14N6O2S. The minimum absolute atomic E-state index is 0.199. The zero-order valence-corrected chi connectivity index (χ0v) is 14.6. The van der Waals surface area contributed by atoms with E-state index in [-0.39, 0.29) is 5.91 Å². The molecule has 9 heteroatoms. The minimum Gasteiger partial charge on any atom is -0.383 e. The summed E-state index contributed by atoms with van der Waals surface area (Å²) in [6, 6.07) is 7.15. The van der Waals surface area contributed by atoms with Crippen LogP contribution < -0.4 is 11.1 Å². The van der Waals surface area contributed by atoms with Crippen molar-refractivity contribution in [1.82, 2.24) is 25.4 Å². The summed E-state index contributed by atoms with van der Waals surface area (Å²) in [7, 11) is 0. The number of amides is 1. The van der Waals surface area contributed by atoms with Crippen molar-refractivity contribution in [3.05, 3.63) is 52.9 Å². The number of aryl methyl sites for hydroxylation is 1. The number of carbonyl (C=O) groups excluding carboxylic acids is 1. The Bertz CT molecular complexity index is 1090. The van der Waals surface area contributed by atoms with E-state index in [0.717, 1.165) is 5.56 Å². The second-order valence-electron chi connectivity index (χ2n) is 5.63. The highest BCUT2D eigenvalue weighted by Crippen LogP contribution is 2.29. The van der Waals surface area contributed by atoms with Crippen LogP contribution in [0.5, 0.6) is 0 Å². The molecule has 0 fully saturated rings. The molecule has 0 aliphatic carbocycles. The summed E-state index contributed by atoms with van der Waals surface area (Å²) in [6.45, 7) is 2.18. The van der Waals surface area contributed by atoms with Crippen molar-refractivity contribution in [2.75, 3.05) is 5.73 Å². The van der Waals surface area contributed by atoms with E-state index in [1.807, 2.05) is 12.1 Å². The third-order valence-electron chi connectivity index (χ3n) is 3.68. The Morgan fingerprint density at radius 1 is 1.35 bits per heavy atom. The lowest BCUT2D eigenvalue weighted by Gasteiger charge is -2.02. The van der Waals surface area contributed by atoms with Gasteiger partial charge in [-0.15, -0.1) is 11.3 Å². The average Bonchev–Trinajstić information content (AvgIpc) is 3.27. The second kappa shape index (κ2) is 6.52. The van der Waals surface area contributed by atoms with E-state index < -0.39 is 0 Å². The van der Waals surface area contributed by atoms with Crippen LogP contribution in [0.15, 0.2) is 41.2 Å². The Morgan fingerprint density at radius 2 is 2.23 bits per heavy atom. The van der Waals surface area contributed by atoms with Crippen LogP contribution in [-0.2, 0) is 6.54 Å². The zero-order chi connectivity index (χ0) is 18.1. The molecule has 0 bridgehead atoms. The number of pyridine rings is 1. The van der Waals surface area contributed by atoms with E-state index in [2.05, 4.69) is 25.4 Å². The SMILES string of the molecule is Cc1cc(-c2nc(N)c3cc(C(=O)NCc4cccnc4)sc3n2)no1. The van der Waals surface area contributed by atoms with E-state index >= 15 is 0 Å². The normalized spacial score (nSPS) is 11.0. The third-order valence-corrected chi connectivity index (χ3v) is 4.71. The van der Waals surface area contributed by atoms with Crippen molar-refractivity contribution in [1.29, 1.82) is 0 Å². The fourth-order valence-corrected chi connectivity index (χ4v) is 3.37. The number of hydrogen-bond donors (Lipinski definition) is 2. The van der Waals surface area contributed by atoms with Gasteiger partial charge in [0.1, 0.15) is 16.4 Å². The lowest BCUT2D eigenvalue weighted by molar-refractivity contribution is 0.0955. The van der Waals surface area contributed by atoms with Gasteiger partial charge in [-0.05, 0) is 24.6 Å². The number of anilines is 1. The molecule has 4 rings (SSSR count). The van der Waals surface area contributed by atoms with Gasteiger partial charge in [-0.2, -0.15) is 0 Å². The number of rotatable bonds is 4. The van der Waals surface area contributed by atoms with Gasteiger partial charge in [-0.3, -0.25) is 9.78 Å². The number of carbonyl (C=O) groups is 1. The number of hydrogen-bond acceptors (Lipinski definition) is 8. The monoisotopic (exact) mass is 366 g/mol. The minimum atomic E-state index is -0.199. The second-order valence-corrected chi connectivity index (χ2v) is 6.66. The van der Waals surface area contributed by atoms with Gasteiger partial charge in [0.05, 0.1) is 10.3 Å². The average molecular weight is 366 g/mol. The van der Waals surface area contributed by atoms with E-state index in [4.69, 9.17) is 10.3 Å². The number of nitrogens with two attached hydrogens (primary N) is 1. The molecule has 4 heterocycles. The molecule has 0 saturated carbocycles. The number of nitrogens with one attached hydrogen (secondary N) is 1. The molecule has 1 amide bonds. The summed E-state index contributed by atoms with van der Waals surface area (Å²) in [5.41, 5.74) is 7.46. The first-order valence-electron chi connectivity index (χ1n) is 7.78. The summed E-state index contributed by atoms with van der Waals surface area (Å²) < 4.78 is 5.05. The van der Waals surface area contributed by atoms with Gasteiger partial charge in [-0.25, -0.2) is 9.97 Å². The Labute approximate surface area is 152 Å². The molecule has 3 N–H and O–H groups in total. The maximum absolute atomic E-state index is 12.4. The summed E-state index contributed by atoms with van der Waals surface area (Å²) >= 11 is 1.25. The largest absolute Gasteiger partial charge is 0.383 e. The maximum atomic E-state index is 12.4. The van der Waals surface area contributed by atoms with Gasteiger partial charge in [0.2, 0.25) is 0 Å². The van der Waals surface area contributed by atoms with Crippen molar-refractivity contribution in [3.63, 3.8) is 0 Å². The van der Waals surface area contributed by atoms with Gasteiger partial charge in [-0.1, -0.05) is 11.2 Å². The number of nitrogen functional groups attached to an aromatic ring is 1. The summed E-state index contributed by atoms with van der Waals surface area (Å²) in [4.78, 5) is 26.3. The quantitative estimate of drug-likeness (QED) is 0.569. The predicted molar refractivity (Wildman–Crippen MR) is 97.5 cm³/mol. The molecule has 0 spiro atoms. The van der Waals surface area contributed by atoms with Crippen molar-refractivity contribution < 1.29 is 9.32 Å². The molecule has 0 saturated heterocycles. The fourth-order valence-electron chi connectivity index (χ4n) is 2.41. The van der Waals surface area contributed by atoms with Gasteiger partial charge < -0.3 is 15.6 Å². The van der Waals surface area contributed by atoms with E-state index in [1.165, 1.54) is 11.3 Å². The highest BCUT2D eigenvalue weighted by atomic mass is 32.1. The summed E-state index contributed by atoms with van der Waals surface area (Å²) in [6.07, 6.45) is 3.40. The number of nitrogens with zero attached hydrogens (tertiary/aromatic N) is 4. The van der Waals surface area contributed by atoms with Crippen LogP contribution in [0.3, 0.4) is 0 Å². The first-order valence-corrected chi connectivity index (χ1v) is 8.59. The number of thiophene rings is 1. The third kappa shape index (κ3) is 3.11. The van der Waals surface area contributed by atoms with Crippen LogP contribution in [0.25, 0.3) is 21.7 Å². The van der Waals surface area contributed by atoms with Crippen LogP contribution in [0.2, 0.25) is 0 Å². The van der Waals surface area contributed by atoms with Gasteiger partial charge >= 0.3 is 0 Å². The van der Waals surface area contributed by atoms with Crippen LogP contribution in [0.1, 0.15) is 21.0 Å².